The summed E-state index contributed by atoms with van der Waals surface area (Å²) >= 11 is 5.14. The van der Waals surface area contributed by atoms with E-state index in [1.165, 1.54) is 11.1 Å². The third kappa shape index (κ3) is 7.85. The number of nitrogens with one attached hydrogen (secondary N) is 1. The predicted octanol–water partition coefficient (Wildman–Crippen LogP) is 3.96. The number of nitrogens with zero attached hydrogens (tertiary/aromatic N) is 1. The number of thioether (sulfide) groups is 1. The van der Waals surface area contributed by atoms with Gasteiger partial charge in [-0.2, -0.15) is 11.8 Å². The second-order valence-electron chi connectivity index (χ2n) is 6.49. The number of sulfonamides is 1. The Balaban J connectivity index is 1.74. The molecule has 0 aromatic heterocycles. The number of amides is 1. The molecule has 0 fully saturated rings. The van der Waals surface area contributed by atoms with Crippen LogP contribution in [-0.4, -0.2) is 39.4 Å². The lowest BCUT2D eigenvalue weighted by Crippen LogP contribution is -2.40. The van der Waals surface area contributed by atoms with E-state index in [9.17, 15) is 13.2 Å². The Morgan fingerprint density at radius 2 is 1.75 bits per heavy atom. The number of carbonyl (C=O) groups is 1. The minimum absolute atomic E-state index is 0.225. The molecule has 2 rings (SSSR count). The van der Waals surface area contributed by atoms with Crippen molar-refractivity contribution in [3.63, 3.8) is 0 Å². The number of hydrogen-bond acceptors (Lipinski definition) is 4. The van der Waals surface area contributed by atoms with Crippen LogP contribution in [0.25, 0.3) is 0 Å². The van der Waals surface area contributed by atoms with Crippen LogP contribution < -0.4 is 9.62 Å². The molecule has 28 heavy (non-hydrogen) atoms. The SMILES string of the molecule is Cc1ccc(CSCCCNC(=O)CN(c2ccc(Br)cc2)S(C)(=O)=O)cc1. The van der Waals surface area contributed by atoms with Crippen molar-refractivity contribution >= 4 is 49.3 Å². The number of hydrogen-bond donors (Lipinski definition) is 1. The monoisotopic (exact) mass is 484 g/mol. The molecule has 0 saturated heterocycles. The summed E-state index contributed by atoms with van der Waals surface area (Å²) in [5, 5.41) is 2.80. The van der Waals surface area contributed by atoms with E-state index in [2.05, 4.69) is 52.4 Å². The molecule has 0 aliphatic heterocycles. The quantitative estimate of drug-likeness (QED) is 0.518. The van der Waals surface area contributed by atoms with Crippen molar-refractivity contribution < 1.29 is 13.2 Å². The molecule has 0 atom stereocenters. The molecule has 0 aliphatic rings. The van der Waals surface area contributed by atoms with Crippen LogP contribution in [0.4, 0.5) is 5.69 Å². The van der Waals surface area contributed by atoms with Gasteiger partial charge >= 0.3 is 0 Å². The first-order chi connectivity index (χ1) is 13.3. The maximum absolute atomic E-state index is 12.2. The molecule has 0 aliphatic carbocycles. The molecular weight excluding hydrogens is 460 g/mol. The average Bonchev–Trinajstić information content (AvgIpc) is 2.64. The number of aryl methyl sites for hydroxylation is 1. The molecule has 0 saturated carbocycles. The molecule has 5 nitrogen and oxygen atoms in total. The number of rotatable bonds is 10. The normalized spacial score (nSPS) is 11.2. The van der Waals surface area contributed by atoms with Crippen molar-refractivity contribution in [2.45, 2.75) is 19.1 Å². The minimum Gasteiger partial charge on any atom is -0.354 e. The largest absolute Gasteiger partial charge is 0.354 e. The second-order valence-corrected chi connectivity index (χ2v) is 10.4. The Labute approximate surface area is 180 Å². The zero-order valence-corrected chi connectivity index (χ0v) is 19.2. The van der Waals surface area contributed by atoms with Crippen LogP contribution >= 0.6 is 27.7 Å². The van der Waals surface area contributed by atoms with Gasteiger partial charge in [-0.15, -0.1) is 0 Å². The van der Waals surface area contributed by atoms with Crippen LogP contribution in [0.15, 0.2) is 53.0 Å². The number of benzene rings is 2. The van der Waals surface area contributed by atoms with Crippen LogP contribution in [-0.2, 0) is 20.6 Å². The van der Waals surface area contributed by atoms with Crippen molar-refractivity contribution in [3.05, 3.63) is 64.1 Å². The van der Waals surface area contributed by atoms with Gasteiger partial charge < -0.3 is 5.32 Å². The van der Waals surface area contributed by atoms with Gasteiger partial charge in [-0.3, -0.25) is 9.10 Å². The van der Waals surface area contributed by atoms with Gasteiger partial charge in [-0.1, -0.05) is 45.8 Å². The molecule has 0 unspecified atom stereocenters. The first kappa shape index (κ1) is 22.8. The summed E-state index contributed by atoms with van der Waals surface area (Å²) < 4.78 is 26.1. The van der Waals surface area contributed by atoms with E-state index in [1.54, 1.807) is 24.3 Å². The Bertz CT molecular complexity index is 869. The standard InChI is InChI=1S/C20H25BrN2O3S2/c1-16-4-6-17(7-5-16)15-27-13-3-12-22-20(24)14-23(28(2,25)26)19-10-8-18(21)9-11-19/h4-11H,3,12-15H2,1-2H3,(H,22,24). The van der Waals surface area contributed by atoms with Crippen molar-refractivity contribution in [2.24, 2.45) is 0 Å². The molecule has 1 amide bonds. The van der Waals surface area contributed by atoms with Crippen molar-refractivity contribution in [1.82, 2.24) is 5.32 Å². The van der Waals surface area contributed by atoms with Crippen LogP contribution in [0.3, 0.4) is 0 Å². The van der Waals surface area contributed by atoms with Gasteiger partial charge in [0.25, 0.3) is 0 Å². The summed E-state index contributed by atoms with van der Waals surface area (Å²) in [6.07, 6.45) is 1.93. The molecule has 0 radical (unpaired) electrons. The topological polar surface area (TPSA) is 66.5 Å². The Kier molecular flexibility index (Phi) is 8.85. The van der Waals surface area contributed by atoms with Crippen LogP contribution in [0.5, 0.6) is 0 Å². The lowest BCUT2D eigenvalue weighted by Gasteiger charge is -2.22. The van der Waals surface area contributed by atoms with Crippen LogP contribution in [0, 0.1) is 6.92 Å². The lowest BCUT2D eigenvalue weighted by atomic mass is 10.2. The van der Waals surface area contributed by atoms with E-state index in [-0.39, 0.29) is 12.5 Å². The maximum atomic E-state index is 12.2. The highest BCUT2D eigenvalue weighted by Crippen LogP contribution is 2.20. The fourth-order valence-corrected chi connectivity index (χ4v) is 4.51. The van der Waals surface area contributed by atoms with Crippen LogP contribution in [0.1, 0.15) is 17.5 Å². The second kappa shape index (κ2) is 10.9. The number of carbonyl (C=O) groups excluding carboxylic acids is 1. The van der Waals surface area contributed by atoms with Crippen molar-refractivity contribution in [1.29, 1.82) is 0 Å². The molecule has 1 N–H and O–H groups in total. The molecule has 0 bridgehead atoms. The van der Waals surface area contributed by atoms with Crippen molar-refractivity contribution in [2.75, 3.05) is 29.4 Å². The third-order valence-electron chi connectivity index (χ3n) is 3.98. The van der Waals surface area contributed by atoms with Gasteiger partial charge in [0.05, 0.1) is 11.9 Å². The molecule has 2 aromatic rings. The molecule has 8 heteroatoms. The Morgan fingerprint density at radius 1 is 1.11 bits per heavy atom. The molecule has 0 heterocycles. The zero-order valence-electron chi connectivity index (χ0n) is 16.0. The summed E-state index contributed by atoms with van der Waals surface area (Å²) in [7, 11) is -3.55. The van der Waals surface area contributed by atoms with E-state index in [0.717, 1.165) is 33.0 Å². The summed E-state index contributed by atoms with van der Waals surface area (Å²) in [5.41, 5.74) is 3.01. The zero-order chi connectivity index (χ0) is 20.6. The summed E-state index contributed by atoms with van der Waals surface area (Å²) in [6, 6.07) is 15.3. The maximum Gasteiger partial charge on any atom is 0.240 e. The fraction of sp³-hybridized carbons (Fsp3) is 0.350. The highest BCUT2D eigenvalue weighted by atomic mass is 79.9. The molecule has 0 spiro atoms. The van der Waals surface area contributed by atoms with Crippen molar-refractivity contribution in [3.8, 4) is 0 Å². The van der Waals surface area contributed by atoms with Gasteiger partial charge in [-0.05, 0) is 48.9 Å². The third-order valence-corrected chi connectivity index (χ3v) is 6.76. The highest BCUT2D eigenvalue weighted by molar-refractivity contribution is 9.10. The minimum atomic E-state index is -3.55. The smallest absolute Gasteiger partial charge is 0.240 e. The van der Waals surface area contributed by atoms with E-state index >= 15 is 0 Å². The first-order valence-electron chi connectivity index (χ1n) is 8.89. The van der Waals surface area contributed by atoms with Crippen LogP contribution in [0.2, 0.25) is 0 Å². The summed E-state index contributed by atoms with van der Waals surface area (Å²) in [4.78, 5) is 12.2. The average molecular weight is 485 g/mol. The fourth-order valence-electron chi connectivity index (χ4n) is 2.47. The van der Waals surface area contributed by atoms with Gasteiger partial charge in [0.1, 0.15) is 6.54 Å². The molecule has 2 aromatic carbocycles. The number of anilines is 1. The Hall–Kier alpha value is -1.51. The lowest BCUT2D eigenvalue weighted by molar-refractivity contribution is -0.119. The van der Waals surface area contributed by atoms with E-state index in [0.29, 0.717) is 12.2 Å². The van der Waals surface area contributed by atoms with Gasteiger partial charge in [0.15, 0.2) is 0 Å². The molecule has 152 valence electrons. The van der Waals surface area contributed by atoms with Gasteiger partial charge in [0, 0.05) is 16.8 Å². The molecular formula is C20H25BrN2O3S2. The van der Waals surface area contributed by atoms with E-state index < -0.39 is 10.0 Å². The number of halogens is 1. The highest BCUT2D eigenvalue weighted by Gasteiger charge is 2.20. The van der Waals surface area contributed by atoms with Gasteiger partial charge in [0.2, 0.25) is 15.9 Å². The Morgan fingerprint density at radius 3 is 2.36 bits per heavy atom. The van der Waals surface area contributed by atoms with E-state index in [4.69, 9.17) is 0 Å². The van der Waals surface area contributed by atoms with E-state index in [1.807, 2.05) is 11.8 Å². The first-order valence-corrected chi connectivity index (χ1v) is 12.7. The summed E-state index contributed by atoms with van der Waals surface area (Å²) in [6.45, 7) is 2.37. The predicted molar refractivity (Wildman–Crippen MR) is 121 cm³/mol. The summed E-state index contributed by atoms with van der Waals surface area (Å²) in [5.74, 6) is 1.56. The van der Waals surface area contributed by atoms with Gasteiger partial charge in [-0.25, -0.2) is 8.42 Å².